The Morgan fingerprint density at radius 2 is 1.97 bits per heavy atom. The van der Waals surface area contributed by atoms with Gasteiger partial charge in [-0.2, -0.15) is 5.26 Å². The van der Waals surface area contributed by atoms with E-state index in [1.54, 1.807) is 30.3 Å². The van der Waals surface area contributed by atoms with Crippen LogP contribution in [0.5, 0.6) is 0 Å². The first-order valence-electron chi connectivity index (χ1n) is 10.1. The van der Waals surface area contributed by atoms with Crippen LogP contribution in [-0.2, 0) is 11.2 Å². The zero-order valence-corrected chi connectivity index (χ0v) is 18.3. The number of nitrogens with zero attached hydrogens (tertiary/aromatic N) is 4. The lowest BCUT2D eigenvalue weighted by atomic mass is 10.1. The van der Waals surface area contributed by atoms with Crippen LogP contribution in [0.3, 0.4) is 0 Å². The summed E-state index contributed by atoms with van der Waals surface area (Å²) in [7, 11) is 0. The lowest BCUT2D eigenvalue weighted by molar-refractivity contribution is -0.115. The van der Waals surface area contributed by atoms with Gasteiger partial charge in [0.15, 0.2) is 5.82 Å². The molecule has 0 atom stereocenters. The van der Waals surface area contributed by atoms with Crippen molar-refractivity contribution >= 4 is 45.4 Å². The number of nitrogens with one attached hydrogen (secondary N) is 4. The van der Waals surface area contributed by atoms with Gasteiger partial charge in [0.2, 0.25) is 5.91 Å². The Kier molecular flexibility index (Phi) is 5.55. The fourth-order valence-corrected chi connectivity index (χ4v) is 4.23. The monoisotopic (exact) mass is 468 g/mol. The summed E-state index contributed by atoms with van der Waals surface area (Å²) in [5.74, 6) is -0.219. The van der Waals surface area contributed by atoms with E-state index in [1.807, 2.05) is 29.6 Å². The molecular weight excluding hydrogens is 452 g/mol. The van der Waals surface area contributed by atoms with E-state index in [1.165, 1.54) is 11.3 Å². The third-order valence-electron chi connectivity index (χ3n) is 5.09. The van der Waals surface area contributed by atoms with Crippen molar-refractivity contribution in [2.75, 3.05) is 10.6 Å². The maximum Gasteiger partial charge on any atom is 0.272 e. The van der Waals surface area contributed by atoms with Gasteiger partial charge in [-0.25, -0.2) is 5.10 Å². The molecule has 0 fully saturated rings. The van der Waals surface area contributed by atoms with Gasteiger partial charge in [0.1, 0.15) is 5.69 Å². The molecule has 5 aromatic rings. The Balaban J connectivity index is 1.40. The van der Waals surface area contributed by atoms with Crippen LogP contribution in [0.25, 0.3) is 22.3 Å². The lowest BCUT2D eigenvalue weighted by Crippen LogP contribution is -2.14. The number of hydrogen-bond acceptors (Lipinski definition) is 7. The van der Waals surface area contributed by atoms with Crippen molar-refractivity contribution in [2.24, 2.45) is 0 Å². The number of rotatable bonds is 6. The molecule has 0 radical (unpaired) electrons. The molecule has 166 valence electrons. The van der Waals surface area contributed by atoms with E-state index in [-0.39, 0.29) is 12.3 Å². The Morgan fingerprint density at radius 1 is 1.06 bits per heavy atom. The highest BCUT2D eigenvalue weighted by atomic mass is 32.1. The van der Waals surface area contributed by atoms with Crippen LogP contribution in [0.1, 0.15) is 20.9 Å². The van der Waals surface area contributed by atoms with Crippen molar-refractivity contribution in [3.05, 3.63) is 76.1 Å². The van der Waals surface area contributed by atoms with Gasteiger partial charge in [0.25, 0.3) is 5.91 Å². The first kappa shape index (κ1) is 21.0. The fraction of sp³-hybridized carbons (Fsp3) is 0.0435. The standard InChI is InChI=1S/C23H16N8O2S/c24-12-13-6-7-17(16(9-13)22-28-30-31-29-22)27-23(33)19-10-14-3-1-5-18(21(14)26-19)25-20(32)11-15-4-2-8-34-15/h1-10,26H,11H2,(H,25,32)(H,27,33)(H,28,29,30,31). The van der Waals surface area contributed by atoms with Crippen LogP contribution in [0.15, 0.2) is 60.0 Å². The molecule has 10 nitrogen and oxygen atoms in total. The number of thiophene rings is 1. The Morgan fingerprint density at radius 3 is 2.74 bits per heavy atom. The first-order chi connectivity index (χ1) is 16.6. The number of fused-ring (bicyclic) bond motifs is 1. The molecule has 0 aliphatic carbocycles. The summed E-state index contributed by atoms with van der Waals surface area (Å²) < 4.78 is 0. The Hall–Kier alpha value is -4.82. The number of hydrogen-bond donors (Lipinski definition) is 4. The summed E-state index contributed by atoms with van der Waals surface area (Å²) in [5, 5.41) is 31.3. The van der Waals surface area contributed by atoms with Gasteiger partial charge in [-0.3, -0.25) is 9.59 Å². The molecule has 3 aromatic heterocycles. The molecular formula is C23H16N8O2S. The van der Waals surface area contributed by atoms with Gasteiger partial charge in [-0.15, -0.1) is 16.4 Å². The first-order valence-corrected chi connectivity index (χ1v) is 11.0. The highest BCUT2D eigenvalue weighted by Gasteiger charge is 2.17. The number of amides is 2. The minimum absolute atomic E-state index is 0.140. The summed E-state index contributed by atoms with van der Waals surface area (Å²) in [6, 6.07) is 17.8. The highest BCUT2D eigenvalue weighted by molar-refractivity contribution is 7.10. The third kappa shape index (κ3) is 4.25. The second-order valence-corrected chi connectivity index (χ2v) is 8.37. The molecule has 0 aliphatic rings. The maximum atomic E-state index is 13.0. The van der Waals surface area contributed by atoms with Crippen molar-refractivity contribution in [3.8, 4) is 17.5 Å². The average molecular weight is 469 g/mol. The van der Waals surface area contributed by atoms with Crippen LogP contribution >= 0.6 is 11.3 Å². The molecule has 0 saturated carbocycles. The van der Waals surface area contributed by atoms with E-state index < -0.39 is 5.91 Å². The smallest absolute Gasteiger partial charge is 0.272 e. The number of anilines is 2. The maximum absolute atomic E-state index is 13.0. The van der Waals surface area contributed by atoms with E-state index in [2.05, 4.69) is 42.3 Å². The number of carbonyl (C=O) groups is 2. The second kappa shape index (κ2) is 8.97. The van der Waals surface area contributed by atoms with Gasteiger partial charge in [-0.1, -0.05) is 18.2 Å². The van der Waals surface area contributed by atoms with E-state index in [0.29, 0.717) is 39.5 Å². The molecule has 0 spiro atoms. The quantitative estimate of drug-likeness (QED) is 0.298. The molecule has 3 heterocycles. The third-order valence-corrected chi connectivity index (χ3v) is 5.96. The van der Waals surface area contributed by atoms with Crippen molar-refractivity contribution in [2.45, 2.75) is 6.42 Å². The fourth-order valence-electron chi connectivity index (χ4n) is 3.53. The number of aromatic nitrogens is 5. The highest BCUT2D eigenvalue weighted by Crippen LogP contribution is 2.28. The molecule has 2 aromatic carbocycles. The normalized spacial score (nSPS) is 10.7. The van der Waals surface area contributed by atoms with Gasteiger partial charge in [0, 0.05) is 15.8 Å². The van der Waals surface area contributed by atoms with Crippen LogP contribution in [0, 0.1) is 11.3 Å². The van der Waals surface area contributed by atoms with Crippen LogP contribution in [-0.4, -0.2) is 37.4 Å². The molecule has 0 unspecified atom stereocenters. The summed E-state index contributed by atoms with van der Waals surface area (Å²) in [6.45, 7) is 0. The zero-order valence-electron chi connectivity index (χ0n) is 17.5. The van der Waals surface area contributed by atoms with Crippen molar-refractivity contribution in [1.82, 2.24) is 25.6 Å². The predicted molar refractivity (Wildman–Crippen MR) is 127 cm³/mol. The molecule has 2 amide bonds. The van der Waals surface area contributed by atoms with Crippen LogP contribution in [0.2, 0.25) is 0 Å². The molecule has 11 heteroatoms. The molecule has 0 aliphatic heterocycles. The minimum Gasteiger partial charge on any atom is -0.349 e. The summed E-state index contributed by atoms with van der Waals surface area (Å²) in [4.78, 5) is 29.6. The number of carbonyl (C=O) groups excluding carboxylic acids is 2. The second-order valence-electron chi connectivity index (χ2n) is 7.33. The van der Waals surface area contributed by atoms with Crippen LogP contribution in [0.4, 0.5) is 11.4 Å². The van der Waals surface area contributed by atoms with E-state index in [9.17, 15) is 14.9 Å². The average Bonchev–Trinajstić information content (AvgIpc) is 3.61. The number of aromatic amines is 2. The predicted octanol–water partition coefficient (Wildman–Crippen LogP) is 3.71. The molecule has 0 saturated heterocycles. The SMILES string of the molecule is N#Cc1ccc(NC(=O)c2cc3cccc(NC(=O)Cc4cccs4)c3[nH]2)c(-c2nnn[nH]2)c1. The van der Waals surface area contributed by atoms with Gasteiger partial charge in [0.05, 0.1) is 34.9 Å². The molecule has 0 bridgehead atoms. The van der Waals surface area contributed by atoms with Gasteiger partial charge >= 0.3 is 0 Å². The number of H-pyrrole nitrogens is 2. The Bertz CT molecular complexity index is 1530. The summed E-state index contributed by atoms with van der Waals surface area (Å²) in [6.07, 6.45) is 0.278. The van der Waals surface area contributed by atoms with Gasteiger partial charge < -0.3 is 15.6 Å². The summed E-state index contributed by atoms with van der Waals surface area (Å²) in [5.41, 5.74) is 2.86. The largest absolute Gasteiger partial charge is 0.349 e. The summed E-state index contributed by atoms with van der Waals surface area (Å²) >= 11 is 1.52. The van der Waals surface area contributed by atoms with Crippen molar-refractivity contribution in [3.63, 3.8) is 0 Å². The van der Waals surface area contributed by atoms with E-state index >= 15 is 0 Å². The zero-order chi connectivity index (χ0) is 23.5. The Labute approximate surface area is 196 Å². The number of nitriles is 1. The molecule has 34 heavy (non-hydrogen) atoms. The van der Waals surface area contributed by atoms with Crippen molar-refractivity contribution in [1.29, 1.82) is 5.26 Å². The molecule has 4 N–H and O–H groups in total. The lowest BCUT2D eigenvalue weighted by Gasteiger charge is -2.09. The van der Waals surface area contributed by atoms with Crippen LogP contribution < -0.4 is 10.6 Å². The van der Waals surface area contributed by atoms with Crippen molar-refractivity contribution < 1.29 is 9.59 Å². The minimum atomic E-state index is -0.398. The van der Waals surface area contributed by atoms with E-state index in [4.69, 9.17) is 0 Å². The number of benzene rings is 2. The van der Waals surface area contributed by atoms with E-state index in [0.717, 1.165) is 10.3 Å². The molecule has 5 rings (SSSR count). The number of para-hydroxylation sites is 1. The number of tetrazole rings is 1. The topological polar surface area (TPSA) is 152 Å². The van der Waals surface area contributed by atoms with Gasteiger partial charge in [-0.05, 0) is 52.2 Å².